The second kappa shape index (κ2) is 6.77. The Morgan fingerprint density at radius 2 is 2.11 bits per heavy atom. The molecule has 0 aliphatic heterocycles. The number of nitrogens with zero attached hydrogens (tertiary/aromatic N) is 1. The number of aromatic nitrogens is 2. The number of nitrogens with one attached hydrogen (secondary N) is 1. The zero-order chi connectivity index (χ0) is 12.6. The smallest absolute Gasteiger partial charge is 0.0921 e. The van der Waals surface area contributed by atoms with Crippen LogP contribution in [-0.2, 0) is 6.42 Å². The molecule has 0 radical (unpaired) electrons. The van der Waals surface area contributed by atoms with Gasteiger partial charge in [-0.1, -0.05) is 42.5 Å². The Morgan fingerprint density at radius 1 is 1.28 bits per heavy atom. The Kier molecular flexibility index (Phi) is 4.73. The van der Waals surface area contributed by atoms with Crippen LogP contribution in [0.4, 0.5) is 0 Å². The Hall–Kier alpha value is -1.87. The first-order chi connectivity index (χ1) is 8.84. The fourth-order valence-electron chi connectivity index (χ4n) is 1.82. The van der Waals surface area contributed by atoms with Crippen molar-refractivity contribution >= 4 is 6.08 Å². The van der Waals surface area contributed by atoms with E-state index in [1.54, 1.807) is 6.33 Å². The first-order valence-corrected chi connectivity index (χ1v) is 6.29. The Bertz CT molecular complexity index is 460. The van der Waals surface area contributed by atoms with Gasteiger partial charge in [-0.25, -0.2) is 4.98 Å². The van der Waals surface area contributed by atoms with Crippen LogP contribution in [0.2, 0.25) is 0 Å². The molecule has 0 fully saturated rings. The molecule has 0 aliphatic carbocycles. The van der Waals surface area contributed by atoms with Gasteiger partial charge in [-0.15, -0.1) is 0 Å². The molecule has 3 heteroatoms. The molecular weight excluding hydrogens is 222 g/mol. The second-order valence-corrected chi connectivity index (χ2v) is 4.42. The predicted molar refractivity (Wildman–Crippen MR) is 75.0 cm³/mol. The van der Waals surface area contributed by atoms with Crippen LogP contribution in [0.1, 0.15) is 24.1 Å². The molecule has 1 atom stereocenters. The number of rotatable bonds is 6. The number of imidazole rings is 1. The number of aromatic amines is 1. The van der Waals surface area contributed by atoms with Crippen molar-refractivity contribution in [3.63, 3.8) is 0 Å². The fraction of sp³-hybridized carbons (Fsp3) is 0.267. The van der Waals surface area contributed by atoms with Gasteiger partial charge in [0.25, 0.3) is 0 Å². The number of hydrogen-bond donors (Lipinski definition) is 2. The molecule has 0 spiro atoms. The average Bonchev–Trinajstić information content (AvgIpc) is 2.91. The molecule has 1 unspecified atom stereocenters. The SMILES string of the molecule is NC(C/C=C/c1ccccc1)CCc1cnc[nH]1. The summed E-state index contributed by atoms with van der Waals surface area (Å²) in [5.74, 6) is 0. The van der Waals surface area contributed by atoms with Crippen molar-refractivity contribution < 1.29 is 0 Å². The maximum Gasteiger partial charge on any atom is 0.0921 e. The lowest BCUT2D eigenvalue weighted by Crippen LogP contribution is -2.19. The molecule has 1 aromatic carbocycles. The fourth-order valence-corrected chi connectivity index (χ4v) is 1.82. The van der Waals surface area contributed by atoms with Crippen LogP contribution in [0.3, 0.4) is 0 Å². The minimum Gasteiger partial charge on any atom is -0.348 e. The molecule has 1 heterocycles. The third kappa shape index (κ3) is 4.18. The average molecular weight is 241 g/mol. The van der Waals surface area contributed by atoms with Gasteiger partial charge in [0, 0.05) is 17.9 Å². The van der Waals surface area contributed by atoms with Gasteiger partial charge in [0.1, 0.15) is 0 Å². The van der Waals surface area contributed by atoms with Gasteiger partial charge in [-0.05, 0) is 24.8 Å². The molecule has 18 heavy (non-hydrogen) atoms. The third-order valence-electron chi connectivity index (χ3n) is 2.89. The van der Waals surface area contributed by atoms with Gasteiger partial charge in [0.15, 0.2) is 0 Å². The Balaban J connectivity index is 1.71. The molecule has 0 aliphatic rings. The minimum atomic E-state index is 0.202. The van der Waals surface area contributed by atoms with Crippen LogP contribution in [0.5, 0.6) is 0 Å². The van der Waals surface area contributed by atoms with E-state index in [9.17, 15) is 0 Å². The summed E-state index contributed by atoms with van der Waals surface area (Å²) in [5.41, 5.74) is 8.44. The van der Waals surface area contributed by atoms with Gasteiger partial charge in [-0.3, -0.25) is 0 Å². The van der Waals surface area contributed by atoms with Crippen LogP contribution in [0.25, 0.3) is 6.08 Å². The van der Waals surface area contributed by atoms with Crippen LogP contribution in [0.15, 0.2) is 48.9 Å². The van der Waals surface area contributed by atoms with E-state index in [-0.39, 0.29) is 6.04 Å². The molecular formula is C15H19N3. The topological polar surface area (TPSA) is 54.7 Å². The van der Waals surface area contributed by atoms with Crippen molar-refractivity contribution in [3.05, 3.63) is 60.2 Å². The van der Waals surface area contributed by atoms with Crippen LogP contribution < -0.4 is 5.73 Å². The van der Waals surface area contributed by atoms with Crippen molar-refractivity contribution in [1.29, 1.82) is 0 Å². The predicted octanol–water partition coefficient (Wildman–Crippen LogP) is 2.77. The van der Waals surface area contributed by atoms with E-state index in [0.29, 0.717) is 0 Å². The van der Waals surface area contributed by atoms with Gasteiger partial charge in [0.05, 0.1) is 6.33 Å². The second-order valence-electron chi connectivity index (χ2n) is 4.42. The lowest BCUT2D eigenvalue weighted by Gasteiger charge is -2.07. The summed E-state index contributed by atoms with van der Waals surface area (Å²) in [6.45, 7) is 0. The summed E-state index contributed by atoms with van der Waals surface area (Å²) in [6.07, 6.45) is 10.7. The van der Waals surface area contributed by atoms with Gasteiger partial charge in [0.2, 0.25) is 0 Å². The normalized spacial score (nSPS) is 12.9. The van der Waals surface area contributed by atoms with Crippen molar-refractivity contribution in [2.45, 2.75) is 25.3 Å². The molecule has 0 amide bonds. The summed E-state index contributed by atoms with van der Waals surface area (Å²) in [7, 11) is 0. The molecule has 0 bridgehead atoms. The lowest BCUT2D eigenvalue weighted by atomic mass is 10.1. The van der Waals surface area contributed by atoms with Gasteiger partial charge >= 0.3 is 0 Å². The standard InChI is InChI=1S/C15H19N3/c16-14(9-10-15-11-17-12-18-15)8-4-7-13-5-2-1-3-6-13/h1-7,11-12,14H,8-10,16H2,(H,17,18)/b7-4+. The highest BCUT2D eigenvalue weighted by Crippen LogP contribution is 2.06. The van der Waals surface area contributed by atoms with Crippen molar-refractivity contribution in [2.75, 3.05) is 0 Å². The van der Waals surface area contributed by atoms with Gasteiger partial charge < -0.3 is 10.7 Å². The van der Waals surface area contributed by atoms with E-state index < -0.39 is 0 Å². The lowest BCUT2D eigenvalue weighted by molar-refractivity contribution is 0.617. The molecule has 3 N–H and O–H groups in total. The van der Waals surface area contributed by atoms with Gasteiger partial charge in [-0.2, -0.15) is 0 Å². The monoisotopic (exact) mass is 241 g/mol. The van der Waals surface area contributed by atoms with Crippen molar-refractivity contribution in [3.8, 4) is 0 Å². The molecule has 94 valence electrons. The van der Waals surface area contributed by atoms with E-state index in [1.165, 1.54) is 5.56 Å². The highest BCUT2D eigenvalue weighted by Gasteiger charge is 2.01. The van der Waals surface area contributed by atoms with Crippen LogP contribution >= 0.6 is 0 Å². The number of H-pyrrole nitrogens is 1. The van der Waals surface area contributed by atoms with E-state index in [0.717, 1.165) is 25.0 Å². The summed E-state index contributed by atoms with van der Waals surface area (Å²) in [5, 5.41) is 0. The zero-order valence-electron chi connectivity index (χ0n) is 10.4. The Morgan fingerprint density at radius 3 is 2.83 bits per heavy atom. The van der Waals surface area contributed by atoms with E-state index in [2.05, 4.69) is 34.3 Å². The number of benzene rings is 1. The zero-order valence-corrected chi connectivity index (χ0v) is 10.4. The van der Waals surface area contributed by atoms with Crippen molar-refractivity contribution in [2.24, 2.45) is 5.73 Å². The summed E-state index contributed by atoms with van der Waals surface area (Å²) in [6, 6.07) is 10.5. The molecule has 3 nitrogen and oxygen atoms in total. The third-order valence-corrected chi connectivity index (χ3v) is 2.89. The highest BCUT2D eigenvalue weighted by atomic mass is 14.9. The maximum atomic E-state index is 6.07. The molecule has 2 aromatic rings. The number of nitrogens with two attached hydrogens (primary N) is 1. The van der Waals surface area contributed by atoms with E-state index in [4.69, 9.17) is 5.73 Å². The first kappa shape index (κ1) is 12.6. The summed E-state index contributed by atoms with van der Waals surface area (Å²) < 4.78 is 0. The quantitative estimate of drug-likeness (QED) is 0.817. The van der Waals surface area contributed by atoms with E-state index in [1.807, 2.05) is 24.4 Å². The van der Waals surface area contributed by atoms with Crippen molar-refractivity contribution in [1.82, 2.24) is 9.97 Å². The summed E-state index contributed by atoms with van der Waals surface area (Å²) in [4.78, 5) is 7.08. The molecule has 0 saturated carbocycles. The first-order valence-electron chi connectivity index (χ1n) is 6.29. The van der Waals surface area contributed by atoms with Crippen LogP contribution in [-0.4, -0.2) is 16.0 Å². The highest BCUT2D eigenvalue weighted by molar-refractivity contribution is 5.48. The largest absolute Gasteiger partial charge is 0.348 e. The molecule has 1 aromatic heterocycles. The summed E-state index contributed by atoms with van der Waals surface area (Å²) >= 11 is 0. The maximum absolute atomic E-state index is 6.07. The van der Waals surface area contributed by atoms with E-state index >= 15 is 0 Å². The number of hydrogen-bond acceptors (Lipinski definition) is 2. The molecule has 2 rings (SSSR count). The van der Waals surface area contributed by atoms with Crippen LogP contribution in [0, 0.1) is 0 Å². The Labute approximate surface area is 108 Å². The number of aryl methyl sites for hydroxylation is 1. The molecule has 0 saturated heterocycles. The minimum absolute atomic E-state index is 0.202.